The van der Waals surface area contributed by atoms with Gasteiger partial charge < -0.3 is 5.32 Å². The maximum atomic E-state index is 3.78. The van der Waals surface area contributed by atoms with Gasteiger partial charge in [0, 0.05) is 18.1 Å². The van der Waals surface area contributed by atoms with Crippen molar-refractivity contribution in [2.45, 2.75) is 83.3 Å². The van der Waals surface area contributed by atoms with Crippen LogP contribution in [0.4, 0.5) is 0 Å². The largest absolute Gasteiger partial charge is 0.312 e. The fourth-order valence-corrected chi connectivity index (χ4v) is 3.70. The molecule has 1 saturated heterocycles. The van der Waals surface area contributed by atoms with E-state index >= 15 is 0 Å². The van der Waals surface area contributed by atoms with Crippen LogP contribution in [0.5, 0.6) is 0 Å². The quantitative estimate of drug-likeness (QED) is 0.809. The Morgan fingerprint density at radius 3 is 2.76 bits per heavy atom. The summed E-state index contributed by atoms with van der Waals surface area (Å²) in [6.45, 7) is 7.26. The number of nitrogens with one attached hydrogen (secondary N) is 1. The van der Waals surface area contributed by atoms with Gasteiger partial charge >= 0.3 is 0 Å². The van der Waals surface area contributed by atoms with E-state index in [4.69, 9.17) is 0 Å². The summed E-state index contributed by atoms with van der Waals surface area (Å²) in [4.78, 5) is 2.83. The molecule has 3 unspecified atom stereocenters. The Morgan fingerprint density at radius 1 is 1.06 bits per heavy atom. The molecule has 2 aliphatic rings. The fourth-order valence-electron chi connectivity index (χ4n) is 3.70. The lowest BCUT2D eigenvalue weighted by Gasteiger charge is -2.37. The van der Waals surface area contributed by atoms with Gasteiger partial charge in [0.1, 0.15) is 0 Å². The zero-order valence-corrected chi connectivity index (χ0v) is 11.8. The highest BCUT2D eigenvalue weighted by molar-refractivity contribution is 4.92. The van der Waals surface area contributed by atoms with Crippen LogP contribution < -0.4 is 5.32 Å². The van der Waals surface area contributed by atoms with Gasteiger partial charge in [-0.2, -0.15) is 0 Å². The summed E-state index contributed by atoms with van der Waals surface area (Å²) < 4.78 is 0. The molecule has 2 rings (SSSR count). The zero-order valence-electron chi connectivity index (χ0n) is 11.8. The minimum absolute atomic E-state index is 0.774. The minimum Gasteiger partial charge on any atom is -0.312 e. The summed E-state index contributed by atoms with van der Waals surface area (Å²) >= 11 is 0. The Hall–Kier alpha value is -0.0800. The van der Waals surface area contributed by atoms with Crippen LogP contribution in [0, 0.1) is 0 Å². The monoisotopic (exact) mass is 238 g/mol. The van der Waals surface area contributed by atoms with Crippen molar-refractivity contribution in [2.75, 3.05) is 13.1 Å². The maximum absolute atomic E-state index is 3.78. The van der Waals surface area contributed by atoms with Gasteiger partial charge in [-0.3, -0.25) is 4.90 Å². The number of rotatable bonds is 4. The van der Waals surface area contributed by atoms with Gasteiger partial charge in [0.05, 0.1) is 0 Å². The molecule has 3 atom stereocenters. The van der Waals surface area contributed by atoms with Gasteiger partial charge in [0.25, 0.3) is 0 Å². The average Bonchev–Trinajstić information content (AvgIpc) is 2.69. The van der Waals surface area contributed by atoms with Gasteiger partial charge in [-0.1, -0.05) is 26.2 Å². The van der Waals surface area contributed by atoms with Crippen LogP contribution in [0.2, 0.25) is 0 Å². The predicted octanol–water partition coefficient (Wildman–Crippen LogP) is 3.17. The third-order valence-electron chi connectivity index (χ3n) is 4.67. The Bertz CT molecular complexity index is 217. The highest BCUT2D eigenvalue weighted by Gasteiger charge is 2.34. The molecule has 0 aromatic carbocycles. The highest BCUT2D eigenvalue weighted by atomic mass is 15.2. The standard InChI is InChI=1S/C15H30N2/c1-3-11-16-14-9-7-10-15(14)17-12-6-4-5-8-13(17)2/h13-16H,3-12H2,1-2H3. The van der Waals surface area contributed by atoms with Crippen LogP contribution in [-0.2, 0) is 0 Å². The molecule has 1 heterocycles. The first-order valence-electron chi connectivity index (χ1n) is 7.82. The molecule has 1 aliphatic heterocycles. The topological polar surface area (TPSA) is 15.3 Å². The highest BCUT2D eigenvalue weighted by Crippen LogP contribution is 2.29. The Balaban J connectivity index is 1.93. The molecule has 17 heavy (non-hydrogen) atoms. The van der Waals surface area contributed by atoms with Gasteiger partial charge in [-0.05, 0) is 52.1 Å². The molecule has 2 nitrogen and oxygen atoms in total. The van der Waals surface area contributed by atoms with Crippen molar-refractivity contribution in [1.82, 2.24) is 10.2 Å². The first-order chi connectivity index (χ1) is 8.33. The average molecular weight is 238 g/mol. The molecular formula is C15H30N2. The van der Waals surface area contributed by atoms with Crippen LogP contribution >= 0.6 is 0 Å². The van der Waals surface area contributed by atoms with Crippen LogP contribution in [0.1, 0.15) is 65.2 Å². The second kappa shape index (κ2) is 6.75. The van der Waals surface area contributed by atoms with Gasteiger partial charge in [0.15, 0.2) is 0 Å². The molecule has 0 aromatic heterocycles. The second-order valence-electron chi connectivity index (χ2n) is 6.00. The molecule has 1 N–H and O–H groups in total. The summed E-state index contributed by atoms with van der Waals surface area (Å²) in [6, 6.07) is 2.41. The van der Waals surface area contributed by atoms with Crippen molar-refractivity contribution in [3.05, 3.63) is 0 Å². The normalized spacial score (nSPS) is 36.0. The van der Waals surface area contributed by atoms with Crippen LogP contribution in [0.25, 0.3) is 0 Å². The molecular weight excluding hydrogens is 208 g/mol. The Labute approximate surface area is 107 Å². The second-order valence-corrected chi connectivity index (χ2v) is 6.00. The van der Waals surface area contributed by atoms with E-state index in [1.54, 1.807) is 0 Å². The van der Waals surface area contributed by atoms with E-state index < -0.39 is 0 Å². The molecule has 0 aromatic rings. The Morgan fingerprint density at radius 2 is 1.94 bits per heavy atom. The molecule has 2 heteroatoms. The van der Waals surface area contributed by atoms with Crippen molar-refractivity contribution in [3.63, 3.8) is 0 Å². The maximum Gasteiger partial charge on any atom is 0.0252 e. The molecule has 2 fully saturated rings. The molecule has 100 valence electrons. The van der Waals surface area contributed by atoms with Crippen LogP contribution in [-0.4, -0.2) is 36.1 Å². The van der Waals surface area contributed by atoms with E-state index in [0.717, 1.165) is 18.1 Å². The Kier molecular flexibility index (Phi) is 5.30. The van der Waals surface area contributed by atoms with Crippen molar-refractivity contribution < 1.29 is 0 Å². The van der Waals surface area contributed by atoms with Crippen molar-refractivity contribution in [3.8, 4) is 0 Å². The lowest BCUT2D eigenvalue weighted by atomic mass is 10.1. The lowest BCUT2D eigenvalue weighted by molar-refractivity contribution is 0.128. The number of likely N-dealkylation sites (tertiary alicyclic amines) is 1. The molecule has 1 aliphatic carbocycles. The van der Waals surface area contributed by atoms with E-state index in [-0.39, 0.29) is 0 Å². The number of hydrogen-bond donors (Lipinski definition) is 1. The van der Waals surface area contributed by atoms with E-state index in [0.29, 0.717) is 0 Å². The summed E-state index contributed by atoms with van der Waals surface area (Å²) in [7, 11) is 0. The van der Waals surface area contributed by atoms with E-state index in [1.165, 1.54) is 64.5 Å². The molecule has 0 spiro atoms. The van der Waals surface area contributed by atoms with Crippen LogP contribution in [0.3, 0.4) is 0 Å². The summed E-state index contributed by atoms with van der Waals surface area (Å²) in [5.74, 6) is 0. The van der Waals surface area contributed by atoms with Crippen molar-refractivity contribution >= 4 is 0 Å². The minimum atomic E-state index is 0.774. The molecule has 1 saturated carbocycles. The summed E-state index contributed by atoms with van der Waals surface area (Å²) in [6.07, 6.45) is 11.2. The smallest absolute Gasteiger partial charge is 0.0252 e. The zero-order chi connectivity index (χ0) is 12.1. The third-order valence-corrected chi connectivity index (χ3v) is 4.67. The summed E-state index contributed by atoms with van der Waals surface area (Å²) in [5.41, 5.74) is 0. The van der Waals surface area contributed by atoms with E-state index in [2.05, 4.69) is 24.1 Å². The van der Waals surface area contributed by atoms with E-state index in [1.807, 2.05) is 0 Å². The van der Waals surface area contributed by atoms with Crippen LogP contribution in [0.15, 0.2) is 0 Å². The lowest BCUT2D eigenvalue weighted by Crippen LogP contribution is -2.50. The third kappa shape index (κ3) is 3.45. The van der Waals surface area contributed by atoms with Gasteiger partial charge in [-0.15, -0.1) is 0 Å². The first-order valence-corrected chi connectivity index (χ1v) is 7.82. The van der Waals surface area contributed by atoms with Gasteiger partial charge in [0.2, 0.25) is 0 Å². The fraction of sp³-hybridized carbons (Fsp3) is 1.00. The molecule has 0 bridgehead atoms. The van der Waals surface area contributed by atoms with Crippen molar-refractivity contribution in [1.29, 1.82) is 0 Å². The number of nitrogens with zero attached hydrogens (tertiary/aromatic N) is 1. The SMILES string of the molecule is CCCNC1CCCC1N1CCCCCC1C. The summed E-state index contributed by atoms with van der Waals surface area (Å²) in [5, 5.41) is 3.78. The first kappa shape index (κ1) is 13.4. The van der Waals surface area contributed by atoms with E-state index in [9.17, 15) is 0 Å². The number of hydrogen-bond acceptors (Lipinski definition) is 2. The molecule has 0 amide bonds. The van der Waals surface area contributed by atoms with Gasteiger partial charge in [-0.25, -0.2) is 0 Å². The molecule has 0 radical (unpaired) electrons. The van der Waals surface area contributed by atoms with Crippen molar-refractivity contribution in [2.24, 2.45) is 0 Å². The predicted molar refractivity (Wildman–Crippen MR) is 74.4 cm³/mol.